The van der Waals surface area contributed by atoms with Crippen molar-refractivity contribution < 1.29 is 8.42 Å². The second-order valence-electron chi connectivity index (χ2n) is 5.78. The molecule has 0 bridgehead atoms. The van der Waals surface area contributed by atoms with E-state index in [4.69, 9.17) is 0 Å². The molecular weight excluding hydrogens is 294 g/mol. The van der Waals surface area contributed by atoms with Crippen molar-refractivity contribution in [1.29, 1.82) is 0 Å². The summed E-state index contributed by atoms with van der Waals surface area (Å²) in [6.07, 6.45) is 1.06. The average molecular weight is 317 g/mol. The van der Waals surface area contributed by atoms with Crippen LogP contribution in [-0.2, 0) is 10.0 Å². The second-order valence-corrected chi connectivity index (χ2v) is 7.47. The molecule has 1 unspecified atom stereocenters. The van der Waals surface area contributed by atoms with Crippen LogP contribution in [0.1, 0.15) is 42.9 Å². The first-order valence-corrected chi connectivity index (χ1v) is 9.02. The third-order valence-corrected chi connectivity index (χ3v) is 5.51. The van der Waals surface area contributed by atoms with Crippen LogP contribution in [0.25, 0.3) is 0 Å². The van der Waals surface area contributed by atoms with E-state index >= 15 is 0 Å². The first kappa shape index (κ1) is 16.6. The first-order chi connectivity index (χ1) is 10.3. The fraction of sp³-hybridized carbons (Fsp3) is 0.333. The topological polar surface area (TPSA) is 46.2 Å². The van der Waals surface area contributed by atoms with Crippen molar-refractivity contribution in [2.45, 2.75) is 44.9 Å². The highest BCUT2D eigenvalue weighted by Crippen LogP contribution is 2.23. The number of rotatable bonds is 5. The highest BCUT2D eigenvalue weighted by atomic mass is 32.2. The highest BCUT2D eigenvalue weighted by Gasteiger charge is 2.15. The molecular formula is C18H23NO2S. The fourth-order valence-electron chi connectivity index (χ4n) is 2.21. The Morgan fingerprint density at radius 1 is 1.00 bits per heavy atom. The van der Waals surface area contributed by atoms with Gasteiger partial charge in [0, 0.05) is 5.69 Å². The molecule has 22 heavy (non-hydrogen) atoms. The molecule has 0 aliphatic rings. The summed E-state index contributed by atoms with van der Waals surface area (Å²) < 4.78 is 27.5. The second kappa shape index (κ2) is 6.53. The zero-order valence-electron chi connectivity index (χ0n) is 13.6. The molecule has 1 N–H and O–H groups in total. The van der Waals surface area contributed by atoms with Crippen molar-refractivity contribution in [2.75, 3.05) is 4.72 Å². The van der Waals surface area contributed by atoms with Gasteiger partial charge in [-0.25, -0.2) is 8.42 Å². The van der Waals surface area contributed by atoms with Crippen molar-refractivity contribution in [3.05, 3.63) is 59.2 Å². The number of sulfonamides is 1. The summed E-state index contributed by atoms with van der Waals surface area (Å²) in [4.78, 5) is 0.293. The molecule has 1 atom stereocenters. The summed E-state index contributed by atoms with van der Waals surface area (Å²) in [5.41, 5.74) is 3.86. The first-order valence-electron chi connectivity index (χ1n) is 7.53. The predicted octanol–water partition coefficient (Wildman–Crippen LogP) is 4.62. The van der Waals surface area contributed by atoms with Gasteiger partial charge < -0.3 is 0 Å². The Kier molecular flexibility index (Phi) is 4.91. The summed E-state index contributed by atoms with van der Waals surface area (Å²) in [5.74, 6) is 0.477. The van der Waals surface area contributed by atoms with Crippen LogP contribution in [-0.4, -0.2) is 8.42 Å². The molecule has 2 rings (SSSR count). The molecule has 4 heteroatoms. The lowest BCUT2D eigenvalue weighted by molar-refractivity contribution is 0.601. The number of hydrogen-bond donors (Lipinski definition) is 1. The van der Waals surface area contributed by atoms with E-state index in [1.165, 1.54) is 5.56 Å². The molecule has 2 aromatic rings. The van der Waals surface area contributed by atoms with E-state index in [9.17, 15) is 8.42 Å². The average Bonchev–Trinajstić information content (AvgIpc) is 2.49. The normalized spacial score (nSPS) is 12.9. The third kappa shape index (κ3) is 3.69. The molecule has 0 spiro atoms. The number of anilines is 1. The van der Waals surface area contributed by atoms with Crippen LogP contribution in [0.4, 0.5) is 5.69 Å². The number of aryl methyl sites for hydroxylation is 2. The van der Waals surface area contributed by atoms with Crippen LogP contribution in [0.5, 0.6) is 0 Å². The van der Waals surface area contributed by atoms with Gasteiger partial charge in [-0.2, -0.15) is 0 Å². The number of nitrogens with one attached hydrogen (secondary N) is 1. The molecule has 0 amide bonds. The lowest BCUT2D eigenvalue weighted by Gasteiger charge is -2.12. The Hall–Kier alpha value is -1.81. The lowest BCUT2D eigenvalue weighted by atomic mass is 9.99. The Bertz CT molecular complexity index is 749. The summed E-state index contributed by atoms with van der Waals surface area (Å²) in [6.45, 7) is 8.18. The summed E-state index contributed by atoms with van der Waals surface area (Å²) in [5, 5.41) is 0. The monoisotopic (exact) mass is 317 g/mol. The molecule has 0 aliphatic heterocycles. The minimum Gasteiger partial charge on any atom is -0.280 e. The van der Waals surface area contributed by atoms with Gasteiger partial charge in [-0.05, 0) is 67.1 Å². The van der Waals surface area contributed by atoms with Gasteiger partial charge in [0.25, 0.3) is 10.0 Å². The Morgan fingerprint density at radius 3 is 2.18 bits per heavy atom. The maximum atomic E-state index is 12.4. The maximum Gasteiger partial charge on any atom is 0.261 e. The zero-order chi connectivity index (χ0) is 16.3. The van der Waals surface area contributed by atoms with Crippen LogP contribution >= 0.6 is 0 Å². The van der Waals surface area contributed by atoms with Crippen LogP contribution in [0, 0.1) is 13.8 Å². The summed E-state index contributed by atoms with van der Waals surface area (Å²) >= 11 is 0. The maximum absolute atomic E-state index is 12.4. The van der Waals surface area contributed by atoms with Gasteiger partial charge >= 0.3 is 0 Å². The Balaban J connectivity index is 2.23. The van der Waals surface area contributed by atoms with Crippen molar-refractivity contribution in [2.24, 2.45) is 0 Å². The van der Waals surface area contributed by atoms with E-state index < -0.39 is 10.0 Å². The molecule has 3 nitrogen and oxygen atoms in total. The zero-order valence-corrected chi connectivity index (χ0v) is 14.4. The summed E-state index contributed by atoms with van der Waals surface area (Å²) in [6, 6.07) is 12.8. The van der Waals surface area contributed by atoms with Gasteiger partial charge in [0.05, 0.1) is 4.90 Å². The SMILES string of the molecule is CCC(C)c1ccc(NS(=O)(=O)c2ccc(C)c(C)c2)cc1. The van der Waals surface area contributed by atoms with Gasteiger partial charge in [-0.3, -0.25) is 4.72 Å². The van der Waals surface area contributed by atoms with Crippen molar-refractivity contribution >= 4 is 15.7 Å². The molecule has 0 saturated heterocycles. The minimum atomic E-state index is -3.54. The molecule has 0 heterocycles. The van der Waals surface area contributed by atoms with E-state index in [-0.39, 0.29) is 0 Å². The van der Waals surface area contributed by atoms with Gasteiger partial charge in [0.2, 0.25) is 0 Å². The molecule has 2 aromatic carbocycles. The number of benzene rings is 2. The predicted molar refractivity (Wildman–Crippen MR) is 91.9 cm³/mol. The van der Waals surface area contributed by atoms with Crippen LogP contribution < -0.4 is 4.72 Å². The van der Waals surface area contributed by atoms with E-state index in [2.05, 4.69) is 18.6 Å². The fourth-order valence-corrected chi connectivity index (χ4v) is 3.35. The largest absolute Gasteiger partial charge is 0.280 e. The van der Waals surface area contributed by atoms with Gasteiger partial charge in [-0.1, -0.05) is 32.0 Å². The molecule has 118 valence electrons. The highest BCUT2D eigenvalue weighted by molar-refractivity contribution is 7.92. The quantitative estimate of drug-likeness (QED) is 0.874. The van der Waals surface area contributed by atoms with E-state index in [0.717, 1.165) is 17.5 Å². The number of hydrogen-bond acceptors (Lipinski definition) is 2. The lowest BCUT2D eigenvalue weighted by Crippen LogP contribution is -2.13. The molecule has 0 aliphatic carbocycles. The van der Waals surface area contributed by atoms with Crippen LogP contribution in [0.3, 0.4) is 0 Å². The third-order valence-electron chi connectivity index (χ3n) is 4.13. The molecule has 0 radical (unpaired) electrons. The Labute approximate surface area is 133 Å². The van der Waals surface area contributed by atoms with Crippen molar-refractivity contribution in [3.63, 3.8) is 0 Å². The molecule has 0 fully saturated rings. The van der Waals surface area contributed by atoms with Crippen molar-refractivity contribution in [1.82, 2.24) is 0 Å². The van der Waals surface area contributed by atoms with Gasteiger partial charge in [0.15, 0.2) is 0 Å². The molecule has 0 aromatic heterocycles. The molecule has 0 saturated carbocycles. The van der Waals surface area contributed by atoms with E-state index in [1.54, 1.807) is 12.1 Å². The Morgan fingerprint density at radius 2 is 1.64 bits per heavy atom. The van der Waals surface area contributed by atoms with Gasteiger partial charge in [0.1, 0.15) is 0 Å². The summed E-state index contributed by atoms with van der Waals surface area (Å²) in [7, 11) is -3.54. The smallest absolute Gasteiger partial charge is 0.261 e. The van der Waals surface area contributed by atoms with E-state index in [0.29, 0.717) is 16.5 Å². The van der Waals surface area contributed by atoms with Crippen molar-refractivity contribution in [3.8, 4) is 0 Å². The van der Waals surface area contributed by atoms with Crippen LogP contribution in [0.15, 0.2) is 47.4 Å². The van der Waals surface area contributed by atoms with Crippen LogP contribution in [0.2, 0.25) is 0 Å². The standard InChI is InChI=1S/C18H23NO2S/c1-5-13(2)16-7-9-17(10-8-16)19-22(20,21)18-11-6-14(3)15(4)12-18/h6-13,19H,5H2,1-4H3. The minimum absolute atomic E-state index is 0.293. The van der Waals surface area contributed by atoms with Gasteiger partial charge in [-0.15, -0.1) is 0 Å². The van der Waals surface area contributed by atoms with E-state index in [1.807, 2.05) is 44.2 Å².